The van der Waals surface area contributed by atoms with Crippen molar-refractivity contribution in [2.75, 3.05) is 25.0 Å². The largest absolute Gasteiger partial charge is 0.487 e. The van der Waals surface area contributed by atoms with Crippen LogP contribution < -0.4 is 20.7 Å². The molecule has 1 atom stereocenters. The molecule has 16 heteroatoms. The highest BCUT2D eigenvalue weighted by Gasteiger charge is 2.52. The molecule has 2 aliphatic heterocycles. The lowest BCUT2D eigenvalue weighted by Gasteiger charge is -2.47. The van der Waals surface area contributed by atoms with Crippen molar-refractivity contribution < 1.29 is 36.7 Å². The van der Waals surface area contributed by atoms with E-state index in [4.69, 9.17) is 27.9 Å². The Morgan fingerprint density at radius 2 is 1.92 bits per heavy atom. The number of nitrogens with zero attached hydrogens (tertiary/aromatic N) is 2. The van der Waals surface area contributed by atoms with Crippen LogP contribution in [-0.2, 0) is 16.6 Å². The molecule has 1 aromatic carbocycles. The first kappa shape index (κ1) is 27.4. The van der Waals surface area contributed by atoms with Gasteiger partial charge >= 0.3 is 18.0 Å². The van der Waals surface area contributed by atoms with Crippen LogP contribution in [0.5, 0.6) is 5.75 Å². The van der Waals surface area contributed by atoms with Crippen LogP contribution in [-0.4, -0.2) is 64.0 Å². The molecule has 0 bridgehead atoms. The van der Waals surface area contributed by atoms with Crippen LogP contribution in [0.2, 0.25) is 10.2 Å². The van der Waals surface area contributed by atoms with Crippen LogP contribution in [0.15, 0.2) is 23.1 Å². The molecule has 0 radical (unpaired) electrons. The van der Waals surface area contributed by atoms with Crippen LogP contribution in [0.25, 0.3) is 0 Å². The van der Waals surface area contributed by atoms with Gasteiger partial charge < -0.3 is 25.3 Å². The minimum Gasteiger partial charge on any atom is -0.487 e. The molecule has 9 nitrogen and oxygen atoms in total. The van der Waals surface area contributed by atoms with Gasteiger partial charge in [-0.15, -0.1) is 0 Å². The van der Waals surface area contributed by atoms with E-state index in [1.807, 2.05) is 0 Å². The van der Waals surface area contributed by atoms with Crippen LogP contribution in [0, 0.1) is 5.82 Å². The van der Waals surface area contributed by atoms with E-state index >= 15 is 0 Å². The number of nitrogens with one attached hydrogen (secondary N) is 3. The molecule has 2 aliphatic rings. The van der Waals surface area contributed by atoms with Gasteiger partial charge in [0.2, 0.25) is 0 Å². The molecule has 4 rings (SSSR count). The van der Waals surface area contributed by atoms with Gasteiger partial charge in [-0.2, -0.15) is 13.2 Å². The van der Waals surface area contributed by atoms with Crippen LogP contribution in [0.4, 0.5) is 23.2 Å². The smallest absolute Gasteiger partial charge is 0.408 e. The predicted octanol–water partition coefficient (Wildman–Crippen LogP) is 3.36. The third-order valence-electron chi connectivity index (χ3n) is 5.86. The molecule has 0 saturated carbocycles. The SMILES string of the molecule is C[C@@H](NC(=O)C(=O)N1Sc2c(c(C(=O)Nc3ccc(F)c(Cl)c3)n(C)c2Cl)OCC12CNC2)C(F)(F)F. The zero-order valence-corrected chi connectivity index (χ0v) is 21.5. The fourth-order valence-corrected chi connectivity index (χ4v) is 5.27. The van der Waals surface area contributed by atoms with Gasteiger partial charge in [0.15, 0.2) is 11.4 Å². The number of carbonyl (C=O) groups excluding carboxylic acids is 3. The highest BCUT2D eigenvalue weighted by atomic mass is 35.5. The minimum absolute atomic E-state index is 0.00820. The molecule has 37 heavy (non-hydrogen) atoms. The van der Waals surface area contributed by atoms with Crippen molar-refractivity contribution >= 4 is 58.6 Å². The Kier molecular flexibility index (Phi) is 7.31. The predicted molar refractivity (Wildman–Crippen MR) is 127 cm³/mol. The van der Waals surface area contributed by atoms with Crippen molar-refractivity contribution in [3.05, 3.63) is 39.9 Å². The summed E-state index contributed by atoms with van der Waals surface area (Å²) < 4.78 is 60.5. The normalized spacial score (nSPS) is 17.2. The number of halogens is 6. The van der Waals surface area contributed by atoms with Crippen molar-refractivity contribution in [1.29, 1.82) is 0 Å². The zero-order valence-electron chi connectivity index (χ0n) is 19.1. The summed E-state index contributed by atoms with van der Waals surface area (Å²) in [4.78, 5) is 38.7. The Morgan fingerprint density at radius 1 is 1.24 bits per heavy atom. The summed E-state index contributed by atoms with van der Waals surface area (Å²) >= 11 is 12.9. The van der Waals surface area contributed by atoms with E-state index in [1.54, 1.807) is 5.32 Å². The number of hydrogen-bond acceptors (Lipinski definition) is 6. The van der Waals surface area contributed by atoms with Gasteiger partial charge in [-0.3, -0.25) is 18.7 Å². The van der Waals surface area contributed by atoms with Crippen LogP contribution in [0.3, 0.4) is 0 Å². The van der Waals surface area contributed by atoms with E-state index in [0.717, 1.165) is 17.3 Å². The molecular formula is C21H19Cl2F4N5O4S. The summed E-state index contributed by atoms with van der Waals surface area (Å²) in [6.07, 6.45) is -4.74. The lowest BCUT2D eigenvalue weighted by molar-refractivity contribution is -0.162. The second-order valence-corrected chi connectivity index (χ2v) is 10.2. The quantitative estimate of drug-likeness (QED) is 0.291. The number of carbonyl (C=O) groups is 3. The highest BCUT2D eigenvalue weighted by Crippen LogP contribution is 2.48. The number of rotatable bonds is 3. The molecule has 3 N–H and O–H groups in total. The topological polar surface area (TPSA) is 105 Å². The number of hydrogen-bond donors (Lipinski definition) is 3. The van der Waals surface area contributed by atoms with E-state index in [1.165, 1.54) is 23.7 Å². The first-order chi connectivity index (χ1) is 17.2. The highest BCUT2D eigenvalue weighted by molar-refractivity contribution is 7.98. The van der Waals surface area contributed by atoms with Crippen molar-refractivity contribution in [1.82, 2.24) is 19.5 Å². The number of amides is 3. The van der Waals surface area contributed by atoms with E-state index in [9.17, 15) is 31.9 Å². The van der Waals surface area contributed by atoms with Gasteiger partial charge in [-0.1, -0.05) is 23.2 Å². The van der Waals surface area contributed by atoms with Crippen molar-refractivity contribution in [3.8, 4) is 5.75 Å². The summed E-state index contributed by atoms with van der Waals surface area (Å²) in [5, 5.41) is 6.95. The van der Waals surface area contributed by atoms with E-state index in [2.05, 4.69) is 10.6 Å². The third-order valence-corrected chi connectivity index (χ3v) is 8.00. The third kappa shape index (κ3) is 5.07. The molecule has 3 amide bonds. The monoisotopic (exact) mass is 583 g/mol. The van der Waals surface area contributed by atoms with Gasteiger partial charge in [0.1, 0.15) is 34.1 Å². The number of aromatic nitrogens is 1. The average molecular weight is 584 g/mol. The number of benzene rings is 1. The zero-order chi connectivity index (χ0) is 27.3. The van der Waals surface area contributed by atoms with E-state index in [0.29, 0.717) is 11.9 Å². The van der Waals surface area contributed by atoms with E-state index in [-0.39, 0.29) is 51.9 Å². The fraction of sp³-hybridized carbons (Fsp3) is 0.381. The fourth-order valence-electron chi connectivity index (χ4n) is 3.64. The van der Waals surface area contributed by atoms with Gasteiger partial charge in [-0.05, 0) is 37.1 Å². The summed E-state index contributed by atoms with van der Waals surface area (Å²) in [5.41, 5.74) is -0.942. The maximum Gasteiger partial charge on any atom is 0.408 e. The Balaban J connectivity index is 1.65. The molecule has 1 spiro atoms. The number of fused-ring (bicyclic) bond motifs is 1. The second kappa shape index (κ2) is 9.89. The van der Waals surface area contributed by atoms with Crippen molar-refractivity contribution in [3.63, 3.8) is 0 Å². The van der Waals surface area contributed by atoms with Gasteiger partial charge in [0.05, 0.1) is 5.02 Å². The summed E-state index contributed by atoms with van der Waals surface area (Å²) in [6.45, 7) is 0.891. The summed E-state index contributed by atoms with van der Waals surface area (Å²) in [6, 6.07) is 1.33. The molecule has 3 heterocycles. The van der Waals surface area contributed by atoms with Crippen LogP contribution >= 0.6 is 35.1 Å². The molecule has 1 saturated heterocycles. The average Bonchev–Trinajstić information content (AvgIpc) is 2.93. The molecular weight excluding hydrogens is 565 g/mol. The molecule has 0 aliphatic carbocycles. The van der Waals surface area contributed by atoms with Crippen LogP contribution in [0.1, 0.15) is 17.4 Å². The Bertz CT molecular complexity index is 1280. The Labute approximate surface area is 221 Å². The number of anilines is 1. The number of ether oxygens (including phenoxy) is 1. The Hall–Kier alpha value is -2.68. The number of alkyl halides is 3. The van der Waals surface area contributed by atoms with Gasteiger partial charge in [0.25, 0.3) is 5.91 Å². The van der Waals surface area contributed by atoms with Gasteiger partial charge in [0, 0.05) is 25.8 Å². The minimum atomic E-state index is -4.74. The first-order valence-corrected chi connectivity index (χ1v) is 12.2. The molecule has 2 aromatic rings. The lowest BCUT2D eigenvalue weighted by Crippen LogP contribution is -2.71. The second-order valence-electron chi connectivity index (χ2n) is 8.48. The summed E-state index contributed by atoms with van der Waals surface area (Å²) in [5.74, 6) is -4.04. The standard InChI is InChI=1S/C21H19Cl2F4N5O4S/c1-9(21(25,26)27)29-18(34)19(35)32-20(6-28-7-20)8-36-14-13(31(2)16(23)15(14)37-32)17(33)30-10-3-4-12(24)11(22)5-10/h3-5,9,28H,6-8H2,1-2H3,(H,29,34)(H,30,33)/t9-/m1/s1. The maximum absolute atomic E-state index is 13.5. The summed E-state index contributed by atoms with van der Waals surface area (Å²) in [7, 11) is 1.46. The Morgan fingerprint density at radius 3 is 2.49 bits per heavy atom. The van der Waals surface area contributed by atoms with Crippen molar-refractivity contribution in [2.24, 2.45) is 7.05 Å². The molecule has 1 fully saturated rings. The van der Waals surface area contributed by atoms with Gasteiger partial charge in [-0.25, -0.2) is 4.39 Å². The van der Waals surface area contributed by atoms with E-state index < -0.39 is 41.3 Å². The molecule has 200 valence electrons. The molecule has 1 aromatic heterocycles. The molecule has 0 unspecified atom stereocenters. The van der Waals surface area contributed by atoms with Crippen molar-refractivity contribution in [2.45, 2.75) is 29.6 Å². The lowest BCUT2D eigenvalue weighted by atomic mass is 9.93. The first-order valence-electron chi connectivity index (χ1n) is 10.6. The maximum atomic E-state index is 13.5.